The molecule has 0 radical (unpaired) electrons. The van der Waals surface area contributed by atoms with E-state index in [1.165, 1.54) is 12.1 Å². The Morgan fingerprint density at radius 3 is 2.50 bits per heavy atom. The van der Waals surface area contributed by atoms with Gasteiger partial charge in [-0.25, -0.2) is 4.39 Å². The molecular formula is C17H23FN2O4. The summed E-state index contributed by atoms with van der Waals surface area (Å²) in [6.07, 6.45) is 0.953. The summed E-state index contributed by atoms with van der Waals surface area (Å²) in [7, 11) is 0. The lowest BCUT2D eigenvalue weighted by Gasteiger charge is -2.16. The third kappa shape index (κ3) is 7.21. The highest BCUT2D eigenvalue weighted by atomic mass is 19.1. The fourth-order valence-corrected chi connectivity index (χ4v) is 2.26. The van der Waals surface area contributed by atoms with Crippen molar-refractivity contribution in [2.75, 3.05) is 5.32 Å². The molecule has 1 aromatic rings. The van der Waals surface area contributed by atoms with Gasteiger partial charge in [-0.3, -0.25) is 14.4 Å². The quantitative estimate of drug-likeness (QED) is 0.645. The lowest BCUT2D eigenvalue weighted by Crippen LogP contribution is -2.36. The van der Waals surface area contributed by atoms with Gasteiger partial charge >= 0.3 is 5.97 Å². The van der Waals surface area contributed by atoms with Gasteiger partial charge in [-0.15, -0.1) is 0 Å². The van der Waals surface area contributed by atoms with Crippen molar-refractivity contribution in [3.05, 3.63) is 29.6 Å². The topological polar surface area (TPSA) is 95.5 Å². The summed E-state index contributed by atoms with van der Waals surface area (Å²) < 4.78 is 13.6. The number of anilines is 1. The Bertz CT molecular complexity index is 604. The summed E-state index contributed by atoms with van der Waals surface area (Å²) in [5, 5.41) is 13.8. The summed E-state index contributed by atoms with van der Waals surface area (Å²) in [5.74, 6) is -2.39. The Hall–Kier alpha value is -2.44. The minimum absolute atomic E-state index is 0.0788. The molecule has 7 heteroatoms. The van der Waals surface area contributed by atoms with Gasteiger partial charge in [0.15, 0.2) is 0 Å². The van der Waals surface area contributed by atoms with E-state index in [-0.39, 0.29) is 24.9 Å². The number of rotatable bonds is 9. The van der Waals surface area contributed by atoms with Crippen LogP contribution in [0.3, 0.4) is 0 Å². The number of halogens is 1. The molecule has 0 saturated heterocycles. The van der Waals surface area contributed by atoms with Crippen molar-refractivity contribution in [2.45, 2.75) is 52.0 Å². The van der Waals surface area contributed by atoms with Gasteiger partial charge in [-0.05, 0) is 31.0 Å². The van der Waals surface area contributed by atoms with Crippen LogP contribution in [0, 0.1) is 12.7 Å². The summed E-state index contributed by atoms with van der Waals surface area (Å²) >= 11 is 0. The van der Waals surface area contributed by atoms with Crippen LogP contribution in [0.5, 0.6) is 0 Å². The number of carbonyl (C=O) groups is 3. The lowest BCUT2D eigenvalue weighted by atomic mass is 10.1. The fraction of sp³-hybridized carbons (Fsp3) is 0.471. The van der Waals surface area contributed by atoms with Crippen molar-refractivity contribution in [1.82, 2.24) is 5.32 Å². The van der Waals surface area contributed by atoms with Crippen LogP contribution in [0.15, 0.2) is 18.2 Å². The van der Waals surface area contributed by atoms with Crippen LogP contribution < -0.4 is 10.6 Å². The number of nitrogens with one attached hydrogen (secondary N) is 2. The third-order valence-corrected chi connectivity index (χ3v) is 3.40. The minimum atomic E-state index is -0.985. The molecule has 6 nitrogen and oxygen atoms in total. The van der Waals surface area contributed by atoms with Crippen LogP contribution in [0.4, 0.5) is 10.1 Å². The van der Waals surface area contributed by atoms with Gasteiger partial charge in [0.1, 0.15) is 5.82 Å². The summed E-state index contributed by atoms with van der Waals surface area (Å²) in [5.41, 5.74) is 0.885. The van der Waals surface area contributed by atoms with Crippen molar-refractivity contribution >= 4 is 23.5 Å². The average Bonchev–Trinajstić information content (AvgIpc) is 2.48. The Morgan fingerprint density at radius 2 is 1.88 bits per heavy atom. The maximum absolute atomic E-state index is 13.6. The first-order chi connectivity index (χ1) is 11.3. The molecule has 3 N–H and O–H groups in total. The average molecular weight is 338 g/mol. The molecule has 24 heavy (non-hydrogen) atoms. The highest BCUT2D eigenvalue weighted by molar-refractivity contribution is 5.93. The number of benzene rings is 1. The Labute approximate surface area is 140 Å². The van der Waals surface area contributed by atoms with Gasteiger partial charge in [-0.2, -0.15) is 0 Å². The molecule has 0 fully saturated rings. The normalized spacial score (nSPS) is 11.6. The molecule has 132 valence electrons. The van der Waals surface area contributed by atoms with E-state index in [0.29, 0.717) is 6.42 Å². The molecule has 0 spiro atoms. The fourth-order valence-electron chi connectivity index (χ4n) is 2.26. The molecule has 0 aromatic heterocycles. The molecule has 1 rings (SSSR count). The smallest absolute Gasteiger partial charge is 0.305 e. The number of carbonyl (C=O) groups excluding carboxylic acids is 2. The second kappa shape index (κ2) is 9.64. The van der Waals surface area contributed by atoms with Gasteiger partial charge in [0.05, 0.1) is 12.1 Å². The number of amides is 2. The first-order valence-electron chi connectivity index (χ1n) is 7.89. The molecule has 2 amide bonds. The highest BCUT2D eigenvalue weighted by Gasteiger charge is 2.16. The zero-order valence-electron chi connectivity index (χ0n) is 13.9. The van der Waals surface area contributed by atoms with Crippen LogP contribution in [0.25, 0.3) is 0 Å². The predicted octanol–water partition coefficient (Wildman–Crippen LogP) is 2.61. The van der Waals surface area contributed by atoms with Crippen molar-refractivity contribution < 1.29 is 23.9 Å². The maximum atomic E-state index is 13.6. The van der Waals surface area contributed by atoms with Gasteiger partial charge < -0.3 is 15.7 Å². The molecule has 0 aliphatic rings. The van der Waals surface area contributed by atoms with Gasteiger partial charge in [0.25, 0.3) is 0 Å². The van der Waals surface area contributed by atoms with Crippen molar-refractivity contribution in [1.29, 1.82) is 0 Å². The number of carboxylic acids is 1. The molecule has 0 bridgehead atoms. The maximum Gasteiger partial charge on any atom is 0.305 e. The van der Waals surface area contributed by atoms with Crippen LogP contribution in [-0.2, 0) is 14.4 Å². The second-order valence-corrected chi connectivity index (χ2v) is 5.68. The Morgan fingerprint density at radius 1 is 1.21 bits per heavy atom. The van der Waals surface area contributed by atoms with Crippen molar-refractivity contribution in [2.24, 2.45) is 0 Å². The lowest BCUT2D eigenvalue weighted by molar-refractivity contribution is -0.137. The monoisotopic (exact) mass is 338 g/mol. The van der Waals surface area contributed by atoms with E-state index in [0.717, 1.165) is 12.0 Å². The molecule has 0 unspecified atom stereocenters. The van der Waals surface area contributed by atoms with E-state index in [1.54, 1.807) is 13.0 Å². The first-order valence-corrected chi connectivity index (χ1v) is 7.89. The van der Waals surface area contributed by atoms with Gasteiger partial charge in [-0.1, -0.05) is 19.4 Å². The predicted molar refractivity (Wildman–Crippen MR) is 88.1 cm³/mol. The Balaban J connectivity index is 2.46. The van der Waals surface area contributed by atoms with Gasteiger partial charge in [0, 0.05) is 18.9 Å². The zero-order chi connectivity index (χ0) is 18.1. The molecular weight excluding hydrogens is 315 g/mol. The SMILES string of the molecule is CCC[C@@H](CC(=O)O)NC(=O)CCC(=O)Nc1cc(C)ccc1F. The second-order valence-electron chi connectivity index (χ2n) is 5.68. The van der Waals surface area contributed by atoms with Crippen LogP contribution in [0.2, 0.25) is 0 Å². The number of aliphatic carboxylic acids is 1. The minimum Gasteiger partial charge on any atom is -0.481 e. The van der Waals surface area contributed by atoms with E-state index < -0.39 is 29.6 Å². The molecule has 1 aromatic carbocycles. The van der Waals surface area contributed by atoms with E-state index in [1.807, 2.05) is 6.92 Å². The first kappa shape index (κ1) is 19.6. The third-order valence-electron chi connectivity index (χ3n) is 3.40. The van der Waals surface area contributed by atoms with E-state index in [9.17, 15) is 18.8 Å². The van der Waals surface area contributed by atoms with Crippen molar-refractivity contribution in [3.63, 3.8) is 0 Å². The number of hydrogen-bond donors (Lipinski definition) is 3. The summed E-state index contributed by atoms with van der Waals surface area (Å²) in [6, 6.07) is 3.92. The number of aryl methyl sites for hydroxylation is 1. The molecule has 0 aliphatic carbocycles. The van der Waals surface area contributed by atoms with E-state index in [4.69, 9.17) is 5.11 Å². The highest BCUT2D eigenvalue weighted by Crippen LogP contribution is 2.16. The standard InChI is InChI=1S/C17H23FN2O4/c1-3-4-12(10-17(23)24)19-15(21)7-8-16(22)20-14-9-11(2)5-6-13(14)18/h5-6,9,12H,3-4,7-8,10H2,1-2H3,(H,19,21)(H,20,22)(H,23,24)/t12-/m0/s1. The summed E-state index contributed by atoms with van der Waals surface area (Å²) in [6.45, 7) is 3.67. The van der Waals surface area contributed by atoms with Crippen LogP contribution in [-0.4, -0.2) is 28.9 Å². The van der Waals surface area contributed by atoms with Gasteiger partial charge in [0.2, 0.25) is 11.8 Å². The molecule has 0 heterocycles. The van der Waals surface area contributed by atoms with Crippen LogP contribution in [0.1, 0.15) is 44.6 Å². The largest absolute Gasteiger partial charge is 0.481 e. The molecule has 1 atom stereocenters. The molecule has 0 aliphatic heterocycles. The van der Waals surface area contributed by atoms with Crippen LogP contribution >= 0.6 is 0 Å². The molecule has 0 saturated carbocycles. The van der Waals surface area contributed by atoms with E-state index in [2.05, 4.69) is 10.6 Å². The zero-order valence-corrected chi connectivity index (χ0v) is 13.9. The van der Waals surface area contributed by atoms with E-state index >= 15 is 0 Å². The van der Waals surface area contributed by atoms with Crippen molar-refractivity contribution in [3.8, 4) is 0 Å². The Kier molecular flexibility index (Phi) is 7.88. The number of carboxylic acid groups (broad SMARTS) is 1. The summed E-state index contributed by atoms with van der Waals surface area (Å²) in [4.78, 5) is 34.4. The number of hydrogen-bond acceptors (Lipinski definition) is 3.